The van der Waals surface area contributed by atoms with Crippen molar-refractivity contribution < 1.29 is 9.90 Å². The number of fused-ring (bicyclic) bond motifs is 5. The van der Waals surface area contributed by atoms with Gasteiger partial charge in [0, 0.05) is 29.9 Å². The molecule has 0 bridgehead atoms. The van der Waals surface area contributed by atoms with Crippen molar-refractivity contribution in [2.75, 3.05) is 11.9 Å². The van der Waals surface area contributed by atoms with Crippen LogP contribution in [0.25, 0.3) is 0 Å². The quantitative estimate of drug-likeness (QED) is 0.521. The first-order valence-electron chi connectivity index (χ1n) is 11.7. The molecule has 0 aromatic heterocycles. The molecule has 0 amide bonds. The van der Waals surface area contributed by atoms with Gasteiger partial charge in [0.25, 0.3) is 0 Å². The fraction of sp³-hybridized carbons (Fsp3) is 0.593. The number of ketones is 1. The maximum atomic E-state index is 13.6. The molecule has 0 heterocycles. The van der Waals surface area contributed by atoms with E-state index < -0.39 is 0 Å². The van der Waals surface area contributed by atoms with Crippen LogP contribution in [0.15, 0.2) is 53.8 Å². The molecule has 5 rings (SSSR count). The number of nitrogens with zero attached hydrogens (tertiary/aromatic N) is 1. The van der Waals surface area contributed by atoms with Crippen LogP contribution < -0.4 is 4.90 Å². The second-order valence-electron chi connectivity index (χ2n) is 10.7. The van der Waals surface area contributed by atoms with E-state index in [4.69, 9.17) is 0 Å². The van der Waals surface area contributed by atoms with E-state index in [0.29, 0.717) is 23.5 Å². The van der Waals surface area contributed by atoms with Crippen molar-refractivity contribution in [3.05, 3.63) is 53.8 Å². The molecule has 1 aromatic carbocycles. The average Bonchev–Trinajstić information content (AvgIpc) is 3.00. The van der Waals surface area contributed by atoms with E-state index in [1.807, 2.05) is 25.2 Å². The highest BCUT2D eigenvalue weighted by molar-refractivity contribution is 6.02. The summed E-state index contributed by atoms with van der Waals surface area (Å²) in [5.74, 6) is 2.07. The van der Waals surface area contributed by atoms with Gasteiger partial charge in [-0.2, -0.15) is 0 Å². The van der Waals surface area contributed by atoms with Gasteiger partial charge in [-0.15, -0.1) is 0 Å². The zero-order chi connectivity index (χ0) is 21.1. The molecule has 0 aliphatic heterocycles. The number of aliphatic hydroxyl groups is 1. The number of hydrogen-bond donors (Lipinski definition) is 1. The maximum absolute atomic E-state index is 13.6. The number of anilines is 1. The summed E-state index contributed by atoms with van der Waals surface area (Å²) >= 11 is 0. The summed E-state index contributed by atoms with van der Waals surface area (Å²) in [6.07, 6.45) is 11.4. The van der Waals surface area contributed by atoms with Gasteiger partial charge in [0.15, 0.2) is 5.78 Å². The minimum atomic E-state index is -0.208. The van der Waals surface area contributed by atoms with Gasteiger partial charge in [-0.1, -0.05) is 43.7 Å². The van der Waals surface area contributed by atoms with Crippen LogP contribution in [0.4, 0.5) is 5.69 Å². The van der Waals surface area contributed by atoms with Gasteiger partial charge in [0.05, 0.1) is 6.10 Å². The van der Waals surface area contributed by atoms with Gasteiger partial charge in [0.2, 0.25) is 0 Å². The first kappa shape index (κ1) is 20.1. The minimum absolute atomic E-state index is 0.161. The Kier molecular flexibility index (Phi) is 4.74. The molecule has 0 radical (unpaired) electrons. The molecule has 4 aliphatic carbocycles. The summed E-state index contributed by atoms with van der Waals surface area (Å²) in [6.45, 7) is 4.69. The third kappa shape index (κ3) is 2.92. The van der Waals surface area contributed by atoms with Crippen LogP contribution in [0.5, 0.6) is 0 Å². The summed E-state index contributed by atoms with van der Waals surface area (Å²) in [4.78, 5) is 15.7. The molecule has 160 valence electrons. The van der Waals surface area contributed by atoms with E-state index >= 15 is 0 Å². The van der Waals surface area contributed by atoms with Crippen molar-refractivity contribution in [3.8, 4) is 0 Å². The van der Waals surface area contributed by atoms with E-state index in [0.717, 1.165) is 56.2 Å². The van der Waals surface area contributed by atoms with Crippen LogP contribution in [-0.2, 0) is 4.79 Å². The molecule has 1 aromatic rings. The van der Waals surface area contributed by atoms with Crippen LogP contribution in [0.1, 0.15) is 58.8 Å². The van der Waals surface area contributed by atoms with E-state index in [-0.39, 0.29) is 16.9 Å². The van der Waals surface area contributed by atoms with Gasteiger partial charge >= 0.3 is 0 Å². The Bertz CT molecular complexity index is 903. The Balaban J connectivity index is 1.44. The second kappa shape index (κ2) is 7.09. The molecule has 3 heteroatoms. The highest BCUT2D eigenvalue weighted by Crippen LogP contribution is 2.64. The first-order valence-corrected chi connectivity index (χ1v) is 11.7. The molecule has 1 N–H and O–H groups in total. The molecule has 30 heavy (non-hydrogen) atoms. The highest BCUT2D eigenvalue weighted by atomic mass is 16.3. The van der Waals surface area contributed by atoms with Gasteiger partial charge in [0.1, 0.15) is 0 Å². The zero-order valence-electron chi connectivity index (χ0n) is 18.6. The number of aliphatic hydroxyl groups excluding tert-OH is 1. The lowest BCUT2D eigenvalue weighted by molar-refractivity contribution is -0.130. The van der Waals surface area contributed by atoms with Crippen molar-refractivity contribution >= 4 is 11.5 Å². The number of para-hydroxylation sites is 1. The number of carbonyl (C=O) groups is 1. The third-order valence-corrected chi connectivity index (χ3v) is 9.23. The third-order valence-electron chi connectivity index (χ3n) is 9.23. The zero-order valence-corrected chi connectivity index (χ0v) is 18.6. The van der Waals surface area contributed by atoms with Gasteiger partial charge < -0.3 is 10.0 Å². The van der Waals surface area contributed by atoms with E-state index in [2.05, 4.69) is 43.2 Å². The van der Waals surface area contributed by atoms with Crippen LogP contribution in [-0.4, -0.2) is 24.0 Å². The molecule has 6 atom stereocenters. The molecular formula is C27H35NO2. The SMILES string of the molecule is CN(/C=C1\C[C@H]2[C@@H]3CC=C4C[C@H](O)CC[C@]4(C)[C@H]3CC[C@]2(C)C1=O)c1ccccc1. The molecule has 0 spiro atoms. The van der Waals surface area contributed by atoms with Gasteiger partial charge in [-0.3, -0.25) is 4.79 Å². The highest BCUT2D eigenvalue weighted by Gasteiger charge is 2.59. The monoisotopic (exact) mass is 405 g/mol. The number of Topliss-reactive ketones (excluding diaryl/α,β-unsaturated/α-hetero) is 1. The summed E-state index contributed by atoms with van der Waals surface area (Å²) in [7, 11) is 2.05. The standard InChI is InChI=1S/C27H35NO2/c1-26-13-11-21(29)16-19(26)9-10-22-23(26)12-14-27(2)24(22)15-18(25(27)30)17-28(3)20-7-5-4-6-8-20/h4-9,17,21-24,29H,10-16H2,1-3H3/b18-17+/t21-,22-,23+,24+,26+,27+/m1/s1. The predicted molar refractivity (Wildman–Crippen MR) is 121 cm³/mol. The Morgan fingerprint density at radius 1 is 1.03 bits per heavy atom. The lowest BCUT2D eigenvalue weighted by atomic mass is 9.48. The second-order valence-corrected chi connectivity index (χ2v) is 10.7. The first-order chi connectivity index (χ1) is 14.3. The number of carbonyl (C=O) groups excluding carboxylic acids is 1. The Morgan fingerprint density at radius 2 is 1.77 bits per heavy atom. The average molecular weight is 406 g/mol. The molecule has 0 saturated heterocycles. The predicted octanol–water partition coefficient (Wildman–Crippen LogP) is 5.51. The van der Waals surface area contributed by atoms with Crippen LogP contribution in [0.2, 0.25) is 0 Å². The Morgan fingerprint density at radius 3 is 2.53 bits per heavy atom. The number of benzene rings is 1. The smallest absolute Gasteiger partial charge is 0.166 e. The molecular weight excluding hydrogens is 370 g/mol. The van der Waals surface area contributed by atoms with Crippen LogP contribution >= 0.6 is 0 Å². The van der Waals surface area contributed by atoms with Crippen molar-refractivity contribution in [1.82, 2.24) is 0 Å². The van der Waals surface area contributed by atoms with Crippen LogP contribution in [0, 0.1) is 28.6 Å². The molecule has 3 saturated carbocycles. The number of allylic oxidation sites excluding steroid dienone is 2. The largest absolute Gasteiger partial charge is 0.393 e. The molecule has 0 unspecified atom stereocenters. The van der Waals surface area contributed by atoms with Gasteiger partial charge in [-0.25, -0.2) is 0 Å². The van der Waals surface area contributed by atoms with Gasteiger partial charge in [-0.05, 0) is 80.2 Å². The maximum Gasteiger partial charge on any atom is 0.166 e. The Labute approximate surface area is 180 Å². The van der Waals surface area contributed by atoms with E-state index in [1.54, 1.807) is 0 Å². The number of hydrogen-bond acceptors (Lipinski definition) is 3. The summed E-state index contributed by atoms with van der Waals surface area (Å²) in [5, 5.41) is 10.2. The Hall–Kier alpha value is -1.87. The van der Waals surface area contributed by atoms with Crippen molar-refractivity contribution in [2.24, 2.45) is 28.6 Å². The number of rotatable bonds is 2. The van der Waals surface area contributed by atoms with Crippen molar-refractivity contribution in [1.29, 1.82) is 0 Å². The summed E-state index contributed by atoms with van der Waals surface area (Å²) in [6, 6.07) is 10.3. The lowest BCUT2D eigenvalue weighted by Gasteiger charge is -2.56. The summed E-state index contributed by atoms with van der Waals surface area (Å²) < 4.78 is 0. The van der Waals surface area contributed by atoms with Crippen molar-refractivity contribution in [2.45, 2.75) is 64.9 Å². The summed E-state index contributed by atoms with van der Waals surface area (Å²) in [5.41, 5.74) is 3.64. The van der Waals surface area contributed by atoms with Crippen molar-refractivity contribution in [3.63, 3.8) is 0 Å². The molecule has 3 nitrogen and oxygen atoms in total. The minimum Gasteiger partial charge on any atom is -0.393 e. The normalized spacial score (nSPS) is 41.7. The molecule has 4 aliphatic rings. The fourth-order valence-corrected chi connectivity index (χ4v) is 7.40. The van der Waals surface area contributed by atoms with Crippen LogP contribution in [0.3, 0.4) is 0 Å². The van der Waals surface area contributed by atoms with E-state index in [9.17, 15) is 9.90 Å². The fourth-order valence-electron chi connectivity index (χ4n) is 7.40. The topological polar surface area (TPSA) is 40.5 Å². The molecule has 3 fully saturated rings. The lowest BCUT2D eigenvalue weighted by Crippen LogP contribution is -2.50. The van der Waals surface area contributed by atoms with E-state index in [1.165, 1.54) is 5.57 Å².